The summed E-state index contributed by atoms with van der Waals surface area (Å²) in [6.07, 6.45) is 5.84. The molecule has 1 atom stereocenters. The van der Waals surface area contributed by atoms with Crippen molar-refractivity contribution in [3.8, 4) is 0 Å². The zero-order chi connectivity index (χ0) is 17.5. The van der Waals surface area contributed by atoms with Gasteiger partial charge in [-0.2, -0.15) is 0 Å². The number of carbonyl (C=O) groups excluding carboxylic acids is 2. The summed E-state index contributed by atoms with van der Waals surface area (Å²) in [6.45, 7) is 11.2. The fourth-order valence-corrected chi connectivity index (χ4v) is 3.69. The fourth-order valence-electron chi connectivity index (χ4n) is 3.69. The van der Waals surface area contributed by atoms with Gasteiger partial charge in [0.25, 0.3) is 0 Å². The van der Waals surface area contributed by atoms with Crippen LogP contribution in [0.4, 0.5) is 0 Å². The van der Waals surface area contributed by atoms with Gasteiger partial charge < -0.3 is 9.47 Å². The normalized spacial score (nSPS) is 19.5. The summed E-state index contributed by atoms with van der Waals surface area (Å²) in [5, 5.41) is 0. The van der Waals surface area contributed by atoms with Crippen molar-refractivity contribution in [1.82, 2.24) is 0 Å². The Kier molecular flexibility index (Phi) is 7.56. The lowest BCUT2D eigenvalue weighted by atomic mass is 9.49. The Morgan fingerprint density at radius 1 is 0.957 bits per heavy atom. The van der Waals surface area contributed by atoms with Gasteiger partial charge >= 0.3 is 11.9 Å². The van der Waals surface area contributed by atoms with Crippen LogP contribution in [0.2, 0.25) is 0 Å². The van der Waals surface area contributed by atoms with Crippen LogP contribution in [0.1, 0.15) is 79.6 Å². The first kappa shape index (κ1) is 20.0. The summed E-state index contributed by atoms with van der Waals surface area (Å²) < 4.78 is 10.7. The maximum Gasteiger partial charge on any atom is 0.323 e. The molecule has 0 amide bonds. The molecular formula is C19H34O4. The number of hydrogen-bond acceptors (Lipinski definition) is 4. The Labute approximate surface area is 141 Å². The third-order valence-corrected chi connectivity index (χ3v) is 5.24. The zero-order valence-electron chi connectivity index (χ0n) is 15.6. The number of esters is 2. The fraction of sp³-hybridized carbons (Fsp3) is 0.895. The van der Waals surface area contributed by atoms with E-state index < -0.39 is 5.41 Å². The Hall–Kier alpha value is -1.06. The monoisotopic (exact) mass is 326 g/mol. The minimum Gasteiger partial charge on any atom is -0.465 e. The smallest absolute Gasteiger partial charge is 0.323 e. The van der Waals surface area contributed by atoms with Crippen molar-refractivity contribution >= 4 is 11.9 Å². The van der Waals surface area contributed by atoms with Gasteiger partial charge in [0.2, 0.25) is 0 Å². The Morgan fingerprint density at radius 2 is 1.43 bits per heavy atom. The minimum absolute atomic E-state index is 0.0753. The van der Waals surface area contributed by atoms with Gasteiger partial charge in [-0.3, -0.25) is 9.59 Å². The lowest BCUT2D eigenvalue weighted by Crippen LogP contribution is -2.57. The third kappa shape index (κ3) is 4.48. The molecule has 1 unspecified atom stereocenters. The first-order valence-corrected chi connectivity index (χ1v) is 9.24. The van der Waals surface area contributed by atoms with Crippen molar-refractivity contribution in [3.63, 3.8) is 0 Å². The number of rotatable bonds is 10. The van der Waals surface area contributed by atoms with Gasteiger partial charge in [-0.05, 0) is 43.4 Å². The van der Waals surface area contributed by atoms with Crippen LogP contribution in [0.15, 0.2) is 0 Å². The van der Waals surface area contributed by atoms with Crippen LogP contribution in [0.3, 0.4) is 0 Å². The molecule has 0 saturated heterocycles. The molecule has 134 valence electrons. The van der Waals surface area contributed by atoms with Crippen molar-refractivity contribution < 1.29 is 19.1 Å². The van der Waals surface area contributed by atoms with E-state index in [1.165, 1.54) is 0 Å². The van der Waals surface area contributed by atoms with Crippen molar-refractivity contribution in [3.05, 3.63) is 0 Å². The average Bonchev–Trinajstić information content (AvgIpc) is 2.52. The molecule has 0 heterocycles. The molecule has 0 N–H and O–H groups in total. The van der Waals surface area contributed by atoms with Gasteiger partial charge in [0, 0.05) is 0 Å². The predicted octanol–water partition coefficient (Wildman–Crippen LogP) is 4.51. The van der Waals surface area contributed by atoms with Crippen LogP contribution in [0.5, 0.6) is 0 Å². The topological polar surface area (TPSA) is 52.6 Å². The molecular weight excluding hydrogens is 292 g/mol. The second kappa shape index (κ2) is 8.70. The van der Waals surface area contributed by atoms with E-state index >= 15 is 0 Å². The quantitative estimate of drug-likeness (QED) is 0.438. The van der Waals surface area contributed by atoms with E-state index in [0.29, 0.717) is 32.0 Å². The van der Waals surface area contributed by atoms with Crippen molar-refractivity contribution in [2.24, 2.45) is 16.7 Å². The van der Waals surface area contributed by atoms with Gasteiger partial charge in [0.05, 0.1) is 13.2 Å². The van der Waals surface area contributed by atoms with Gasteiger partial charge in [-0.15, -0.1) is 0 Å². The first-order chi connectivity index (χ1) is 10.9. The van der Waals surface area contributed by atoms with Gasteiger partial charge in [0.15, 0.2) is 5.41 Å². The van der Waals surface area contributed by atoms with E-state index in [9.17, 15) is 9.59 Å². The van der Waals surface area contributed by atoms with Crippen LogP contribution in [-0.2, 0) is 19.1 Å². The molecule has 0 aliphatic heterocycles. The van der Waals surface area contributed by atoms with E-state index in [1.54, 1.807) is 0 Å². The molecule has 0 aromatic carbocycles. The lowest BCUT2D eigenvalue weighted by molar-refractivity contribution is -0.193. The molecule has 1 aliphatic rings. The van der Waals surface area contributed by atoms with Gasteiger partial charge in [0.1, 0.15) is 0 Å². The first-order valence-electron chi connectivity index (χ1n) is 9.24. The van der Waals surface area contributed by atoms with Crippen LogP contribution >= 0.6 is 0 Å². The van der Waals surface area contributed by atoms with Crippen LogP contribution in [0.25, 0.3) is 0 Å². The summed E-state index contributed by atoms with van der Waals surface area (Å²) in [4.78, 5) is 25.1. The SMILES string of the molecule is CCCOC(=O)C1(C(=O)OCCC)CC(CC)(CC(C)CC)C1. The number of carbonyl (C=O) groups is 2. The molecule has 1 saturated carbocycles. The molecule has 23 heavy (non-hydrogen) atoms. The van der Waals surface area contributed by atoms with E-state index in [4.69, 9.17) is 9.47 Å². The van der Waals surface area contributed by atoms with Crippen molar-refractivity contribution in [1.29, 1.82) is 0 Å². The highest BCUT2D eigenvalue weighted by molar-refractivity contribution is 6.01. The summed E-state index contributed by atoms with van der Waals surface area (Å²) in [6, 6.07) is 0. The highest BCUT2D eigenvalue weighted by atomic mass is 16.6. The average molecular weight is 326 g/mol. The number of hydrogen-bond donors (Lipinski definition) is 0. The van der Waals surface area contributed by atoms with Crippen molar-refractivity contribution in [2.45, 2.75) is 79.6 Å². The lowest BCUT2D eigenvalue weighted by Gasteiger charge is -2.53. The second-order valence-corrected chi connectivity index (χ2v) is 7.28. The maximum absolute atomic E-state index is 12.5. The second-order valence-electron chi connectivity index (χ2n) is 7.28. The molecule has 1 aliphatic carbocycles. The van der Waals surface area contributed by atoms with Crippen LogP contribution in [-0.4, -0.2) is 25.2 Å². The summed E-state index contributed by atoms with van der Waals surface area (Å²) in [5.41, 5.74) is -0.986. The van der Waals surface area contributed by atoms with E-state index in [-0.39, 0.29) is 17.4 Å². The molecule has 0 bridgehead atoms. The molecule has 0 spiro atoms. The summed E-state index contributed by atoms with van der Waals surface area (Å²) in [7, 11) is 0. The third-order valence-electron chi connectivity index (χ3n) is 5.24. The molecule has 0 aromatic rings. The molecule has 4 heteroatoms. The van der Waals surface area contributed by atoms with Gasteiger partial charge in [-0.25, -0.2) is 0 Å². The molecule has 1 fully saturated rings. The molecule has 0 aromatic heterocycles. The summed E-state index contributed by atoms with van der Waals surface area (Å²) in [5.74, 6) is -0.159. The van der Waals surface area contributed by atoms with Crippen LogP contribution in [0, 0.1) is 16.7 Å². The van der Waals surface area contributed by atoms with Crippen LogP contribution < -0.4 is 0 Å². The summed E-state index contributed by atoms with van der Waals surface area (Å²) >= 11 is 0. The molecule has 1 rings (SSSR count). The zero-order valence-corrected chi connectivity index (χ0v) is 15.6. The Balaban J connectivity index is 2.88. The van der Waals surface area contributed by atoms with Gasteiger partial charge in [-0.1, -0.05) is 47.5 Å². The Bertz CT molecular complexity index is 374. The maximum atomic E-state index is 12.5. The Morgan fingerprint density at radius 3 is 1.78 bits per heavy atom. The van der Waals surface area contributed by atoms with E-state index in [2.05, 4.69) is 20.8 Å². The van der Waals surface area contributed by atoms with E-state index in [1.807, 2.05) is 13.8 Å². The number of ether oxygens (including phenoxy) is 2. The largest absolute Gasteiger partial charge is 0.465 e. The minimum atomic E-state index is -1.06. The standard InChI is InChI=1S/C19H34O4/c1-6-10-22-16(20)19(17(21)23-11-7-2)13-18(9-4,14-19)12-15(5)8-3/h15H,6-14H2,1-5H3. The molecule has 4 nitrogen and oxygen atoms in total. The highest BCUT2D eigenvalue weighted by Crippen LogP contribution is 2.60. The van der Waals surface area contributed by atoms with Crippen molar-refractivity contribution in [2.75, 3.05) is 13.2 Å². The molecule has 0 radical (unpaired) electrons. The predicted molar refractivity (Wildman–Crippen MR) is 91.0 cm³/mol. The van der Waals surface area contributed by atoms with E-state index in [0.717, 1.165) is 32.1 Å². The highest BCUT2D eigenvalue weighted by Gasteiger charge is 2.64.